The molecule has 72 valence electrons. The zero-order chi connectivity index (χ0) is 10.0. The summed E-state index contributed by atoms with van der Waals surface area (Å²) in [5, 5.41) is 18.2. The molecule has 1 amide bonds. The predicted octanol–water partition coefficient (Wildman–Crippen LogP) is 0.346. The van der Waals surface area contributed by atoms with E-state index in [1.807, 2.05) is 0 Å². The zero-order valence-corrected chi connectivity index (χ0v) is 7.88. The zero-order valence-electron chi connectivity index (χ0n) is 7.88. The molecule has 0 radical (unpaired) electrons. The van der Waals surface area contributed by atoms with Crippen LogP contribution in [0.25, 0.3) is 0 Å². The van der Waals surface area contributed by atoms with E-state index in [1.165, 1.54) is 6.92 Å². The SMILES string of the molecule is Cc1n[nH]c(C)c1NC(=O)C(C)O. The van der Waals surface area contributed by atoms with E-state index in [1.54, 1.807) is 13.8 Å². The number of carbonyl (C=O) groups is 1. The summed E-state index contributed by atoms with van der Waals surface area (Å²) in [5.74, 6) is -0.424. The van der Waals surface area contributed by atoms with Crippen LogP contribution in [0.2, 0.25) is 0 Å². The fourth-order valence-electron chi connectivity index (χ4n) is 0.963. The second-order valence-electron chi connectivity index (χ2n) is 2.97. The Morgan fingerprint density at radius 1 is 1.62 bits per heavy atom. The molecule has 0 saturated heterocycles. The number of rotatable bonds is 2. The van der Waals surface area contributed by atoms with Gasteiger partial charge in [-0.2, -0.15) is 5.10 Å². The lowest BCUT2D eigenvalue weighted by Gasteiger charge is -2.06. The number of aromatic amines is 1. The van der Waals surface area contributed by atoms with E-state index in [4.69, 9.17) is 5.11 Å². The Labute approximate surface area is 76.2 Å². The third-order valence-corrected chi connectivity index (χ3v) is 1.76. The lowest BCUT2D eigenvalue weighted by molar-refractivity contribution is -0.123. The van der Waals surface area contributed by atoms with Gasteiger partial charge in [-0.05, 0) is 20.8 Å². The van der Waals surface area contributed by atoms with Gasteiger partial charge in [0.1, 0.15) is 6.10 Å². The van der Waals surface area contributed by atoms with E-state index in [2.05, 4.69) is 15.5 Å². The van der Waals surface area contributed by atoms with Gasteiger partial charge in [-0.1, -0.05) is 0 Å². The van der Waals surface area contributed by atoms with Crippen molar-refractivity contribution in [3.8, 4) is 0 Å². The Hall–Kier alpha value is -1.36. The van der Waals surface area contributed by atoms with Crippen molar-refractivity contribution in [2.75, 3.05) is 5.32 Å². The summed E-state index contributed by atoms with van der Waals surface area (Å²) in [5.41, 5.74) is 2.14. The van der Waals surface area contributed by atoms with Crippen LogP contribution < -0.4 is 5.32 Å². The highest BCUT2D eigenvalue weighted by atomic mass is 16.3. The van der Waals surface area contributed by atoms with Crippen LogP contribution in [-0.4, -0.2) is 27.3 Å². The standard InChI is InChI=1S/C8H13N3O2/c1-4-7(5(2)11-10-4)9-8(13)6(3)12/h6,12H,1-3H3,(H,9,13)(H,10,11). The minimum atomic E-state index is -1.01. The second-order valence-corrected chi connectivity index (χ2v) is 2.97. The van der Waals surface area contributed by atoms with Crippen molar-refractivity contribution in [3.63, 3.8) is 0 Å². The van der Waals surface area contributed by atoms with Gasteiger partial charge in [-0.25, -0.2) is 0 Å². The van der Waals surface area contributed by atoms with Crippen LogP contribution in [0.1, 0.15) is 18.3 Å². The topological polar surface area (TPSA) is 78.0 Å². The second kappa shape index (κ2) is 3.57. The Balaban J connectivity index is 2.79. The summed E-state index contributed by atoms with van der Waals surface area (Å²) >= 11 is 0. The summed E-state index contributed by atoms with van der Waals surface area (Å²) in [4.78, 5) is 11.1. The van der Waals surface area contributed by atoms with E-state index in [-0.39, 0.29) is 0 Å². The summed E-state index contributed by atoms with van der Waals surface area (Å²) in [6, 6.07) is 0. The summed E-state index contributed by atoms with van der Waals surface area (Å²) in [6.45, 7) is 5.00. The van der Waals surface area contributed by atoms with Crippen molar-refractivity contribution in [2.45, 2.75) is 26.9 Å². The highest BCUT2D eigenvalue weighted by Gasteiger charge is 2.13. The minimum absolute atomic E-state index is 0.424. The summed E-state index contributed by atoms with van der Waals surface area (Å²) in [7, 11) is 0. The molecule has 1 heterocycles. The maximum absolute atomic E-state index is 11.1. The highest BCUT2D eigenvalue weighted by Crippen LogP contribution is 2.15. The third-order valence-electron chi connectivity index (χ3n) is 1.76. The molecular formula is C8H13N3O2. The molecule has 0 aliphatic carbocycles. The van der Waals surface area contributed by atoms with Crippen LogP contribution in [0.3, 0.4) is 0 Å². The molecule has 0 aliphatic rings. The number of carbonyl (C=O) groups excluding carboxylic acids is 1. The molecule has 0 spiro atoms. The predicted molar refractivity (Wildman–Crippen MR) is 48.4 cm³/mol. The molecule has 5 nitrogen and oxygen atoms in total. The molecule has 3 N–H and O–H groups in total. The number of aliphatic hydroxyl groups is 1. The first-order chi connectivity index (χ1) is 6.02. The van der Waals surface area contributed by atoms with Crippen molar-refractivity contribution in [1.29, 1.82) is 0 Å². The highest BCUT2D eigenvalue weighted by molar-refractivity contribution is 5.94. The summed E-state index contributed by atoms with van der Waals surface area (Å²) in [6.07, 6.45) is -1.01. The van der Waals surface area contributed by atoms with Crippen LogP contribution >= 0.6 is 0 Å². The Morgan fingerprint density at radius 3 is 2.62 bits per heavy atom. The molecule has 5 heteroatoms. The third kappa shape index (κ3) is 2.06. The molecule has 1 atom stereocenters. The minimum Gasteiger partial charge on any atom is -0.384 e. The first-order valence-corrected chi connectivity index (χ1v) is 4.03. The number of nitrogens with zero attached hydrogens (tertiary/aromatic N) is 1. The number of hydrogen-bond acceptors (Lipinski definition) is 3. The summed E-state index contributed by atoms with van der Waals surface area (Å²) < 4.78 is 0. The number of amides is 1. The van der Waals surface area contributed by atoms with Gasteiger partial charge in [0.05, 0.1) is 17.1 Å². The van der Waals surface area contributed by atoms with Crippen LogP contribution in [0.4, 0.5) is 5.69 Å². The van der Waals surface area contributed by atoms with Crippen molar-refractivity contribution >= 4 is 11.6 Å². The number of H-pyrrole nitrogens is 1. The van der Waals surface area contributed by atoms with Crippen molar-refractivity contribution in [3.05, 3.63) is 11.4 Å². The van der Waals surface area contributed by atoms with Gasteiger partial charge < -0.3 is 10.4 Å². The van der Waals surface area contributed by atoms with Crippen molar-refractivity contribution < 1.29 is 9.90 Å². The van der Waals surface area contributed by atoms with Gasteiger partial charge >= 0.3 is 0 Å². The van der Waals surface area contributed by atoms with E-state index in [9.17, 15) is 4.79 Å². The van der Waals surface area contributed by atoms with E-state index in [0.717, 1.165) is 5.69 Å². The quantitative estimate of drug-likeness (QED) is 0.619. The van der Waals surface area contributed by atoms with Gasteiger partial charge in [0, 0.05) is 0 Å². The average Bonchev–Trinajstić information content (AvgIpc) is 2.35. The van der Waals surface area contributed by atoms with E-state index < -0.39 is 12.0 Å². The maximum atomic E-state index is 11.1. The van der Waals surface area contributed by atoms with Crippen LogP contribution in [0.5, 0.6) is 0 Å². The number of hydrogen-bond donors (Lipinski definition) is 3. The first kappa shape index (κ1) is 9.73. The average molecular weight is 183 g/mol. The molecule has 0 aliphatic heterocycles. The lowest BCUT2D eigenvalue weighted by Crippen LogP contribution is -2.24. The largest absolute Gasteiger partial charge is 0.384 e. The molecule has 0 fully saturated rings. The number of anilines is 1. The molecule has 1 rings (SSSR count). The Morgan fingerprint density at radius 2 is 2.23 bits per heavy atom. The van der Waals surface area contributed by atoms with Gasteiger partial charge in [0.15, 0.2) is 0 Å². The molecule has 0 saturated carbocycles. The van der Waals surface area contributed by atoms with Crippen molar-refractivity contribution in [1.82, 2.24) is 10.2 Å². The number of aliphatic hydroxyl groups excluding tert-OH is 1. The van der Waals surface area contributed by atoms with Crippen LogP contribution in [0.15, 0.2) is 0 Å². The molecule has 1 aromatic heterocycles. The smallest absolute Gasteiger partial charge is 0.253 e. The van der Waals surface area contributed by atoms with Crippen LogP contribution in [0, 0.1) is 13.8 Å². The van der Waals surface area contributed by atoms with Crippen LogP contribution in [-0.2, 0) is 4.79 Å². The number of aryl methyl sites for hydroxylation is 2. The Bertz CT molecular complexity index is 298. The van der Waals surface area contributed by atoms with Gasteiger partial charge in [-0.15, -0.1) is 0 Å². The van der Waals surface area contributed by atoms with Gasteiger partial charge in [-0.3, -0.25) is 9.89 Å². The van der Waals surface area contributed by atoms with Crippen molar-refractivity contribution in [2.24, 2.45) is 0 Å². The maximum Gasteiger partial charge on any atom is 0.253 e. The Kier molecular flexibility index (Phi) is 2.67. The molecule has 0 aromatic carbocycles. The normalized spacial score (nSPS) is 12.6. The molecule has 1 aromatic rings. The van der Waals surface area contributed by atoms with Gasteiger partial charge in [0.2, 0.25) is 0 Å². The first-order valence-electron chi connectivity index (χ1n) is 4.03. The molecule has 1 unspecified atom stereocenters. The fraction of sp³-hybridized carbons (Fsp3) is 0.500. The number of aromatic nitrogens is 2. The monoisotopic (exact) mass is 183 g/mol. The molecule has 13 heavy (non-hydrogen) atoms. The fourth-order valence-corrected chi connectivity index (χ4v) is 0.963. The molecule has 0 bridgehead atoms. The molecular weight excluding hydrogens is 170 g/mol. The van der Waals surface area contributed by atoms with E-state index >= 15 is 0 Å². The lowest BCUT2D eigenvalue weighted by atomic mass is 10.3. The van der Waals surface area contributed by atoms with E-state index in [0.29, 0.717) is 11.4 Å². The van der Waals surface area contributed by atoms with Gasteiger partial charge in [0.25, 0.3) is 5.91 Å². The number of nitrogens with one attached hydrogen (secondary N) is 2.